The van der Waals surface area contributed by atoms with E-state index >= 15 is 0 Å². The number of benzene rings is 1. The van der Waals surface area contributed by atoms with Crippen LogP contribution in [0.1, 0.15) is 25.1 Å². The van der Waals surface area contributed by atoms with Gasteiger partial charge in [0.2, 0.25) is 5.95 Å². The molecule has 5 heteroatoms. The Labute approximate surface area is 131 Å². The van der Waals surface area contributed by atoms with Crippen LogP contribution in [0.5, 0.6) is 0 Å². The lowest BCUT2D eigenvalue weighted by Gasteiger charge is -2.19. The molecule has 0 amide bonds. The Balaban J connectivity index is 2.10. The number of hydrogen-bond donors (Lipinski definition) is 1. The maximum absolute atomic E-state index is 5.89. The molecule has 1 heterocycles. The van der Waals surface area contributed by atoms with Crippen molar-refractivity contribution in [3.05, 3.63) is 46.6 Å². The fraction of sp³-hybridized carbons (Fsp3) is 0.375. The van der Waals surface area contributed by atoms with Gasteiger partial charge in [0, 0.05) is 36.4 Å². The quantitative estimate of drug-likeness (QED) is 0.879. The Morgan fingerprint density at radius 1 is 1.10 bits per heavy atom. The third-order valence-electron chi connectivity index (χ3n) is 3.28. The Kier molecular flexibility index (Phi) is 5.39. The lowest BCUT2D eigenvalue weighted by molar-refractivity contribution is 0.816. The molecule has 0 aliphatic heterocycles. The van der Waals surface area contributed by atoms with Gasteiger partial charge in [-0.15, -0.1) is 0 Å². The highest BCUT2D eigenvalue weighted by Gasteiger charge is 2.07. The van der Waals surface area contributed by atoms with E-state index in [1.807, 2.05) is 37.3 Å². The second-order valence-corrected chi connectivity index (χ2v) is 5.28. The van der Waals surface area contributed by atoms with Gasteiger partial charge in [-0.3, -0.25) is 0 Å². The number of anilines is 2. The summed E-state index contributed by atoms with van der Waals surface area (Å²) in [5, 5.41) is 4.09. The number of hydrogen-bond acceptors (Lipinski definition) is 4. The lowest BCUT2D eigenvalue weighted by Crippen LogP contribution is -2.24. The van der Waals surface area contributed by atoms with Crippen molar-refractivity contribution in [3.63, 3.8) is 0 Å². The van der Waals surface area contributed by atoms with Crippen LogP contribution in [-0.4, -0.2) is 23.1 Å². The normalized spacial score (nSPS) is 10.5. The highest BCUT2D eigenvalue weighted by atomic mass is 35.5. The second-order valence-electron chi connectivity index (χ2n) is 4.85. The summed E-state index contributed by atoms with van der Waals surface area (Å²) >= 11 is 5.89. The zero-order valence-corrected chi connectivity index (χ0v) is 13.5. The predicted molar refractivity (Wildman–Crippen MR) is 89.1 cm³/mol. The van der Waals surface area contributed by atoms with Crippen molar-refractivity contribution >= 4 is 23.4 Å². The van der Waals surface area contributed by atoms with E-state index in [1.54, 1.807) is 0 Å². The average Bonchev–Trinajstić information content (AvgIpc) is 2.47. The fourth-order valence-electron chi connectivity index (χ4n) is 2.09. The maximum atomic E-state index is 5.89. The van der Waals surface area contributed by atoms with E-state index in [4.69, 9.17) is 11.6 Å². The van der Waals surface area contributed by atoms with Crippen LogP contribution in [-0.2, 0) is 6.54 Å². The molecule has 0 radical (unpaired) electrons. The molecule has 112 valence electrons. The first-order chi connectivity index (χ1) is 10.1. The molecule has 0 fully saturated rings. The summed E-state index contributed by atoms with van der Waals surface area (Å²) in [6.07, 6.45) is 0. The SMILES string of the molecule is CCN(CC)c1nc(C)cc(NCc2ccc(Cl)cc2)n1. The molecule has 1 aromatic carbocycles. The molecule has 0 aliphatic rings. The van der Waals surface area contributed by atoms with Gasteiger partial charge < -0.3 is 10.2 Å². The van der Waals surface area contributed by atoms with Gasteiger partial charge in [-0.25, -0.2) is 4.98 Å². The molecule has 0 atom stereocenters. The molecule has 0 saturated carbocycles. The van der Waals surface area contributed by atoms with Crippen molar-refractivity contribution in [2.45, 2.75) is 27.3 Å². The molecule has 0 bridgehead atoms. The van der Waals surface area contributed by atoms with E-state index in [2.05, 4.69) is 34.0 Å². The third-order valence-corrected chi connectivity index (χ3v) is 3.53. The van der Waals surface area contributed by atoms with Crippen molar-refractivity contribution in [2.24, 2.45) is 0 Å². The number of aryl methyl sites for hydroxylation is 1. The topological polar surface area (TPSA) is 41.1 Å². The van der Waals surface area contributed by atoms with Gasteiger partial charge in [0.05, 0.1) is 0 Å². The Morgan fingerprint density at radius 2 is 1.76 bits per heavy atom. The predicted octanol–water partition coefficient (Wildman–Crippen LogP) is 3.90. The largest absolute Gasteiger partial charge is 0.366 e. The molecule has 2 aromatic rings. The van der Waals surface area contributed by atoms with Gasteiger partial charge in [0.25, 0.3) is 0 Å². The van der Waals surface area contributed by atoms with Crippen molar-refractivity contribution in [1.29, 1.82) is 0 Å². The second kappa shape index (κ2) is 7.27. The highest BCUT2D eigenvalue weighted by Crippen LogP contribution is 2.15. The number of halogens is 1. The van der Waals surface area contributed by atoms with E-state index < -0.39 is 0 Å². The lowest BCUT2D eigenvalue weighted by atomic mass is 10.2. The first-order valence-corrected chi connectivity index (χ1v) is 7.59. The van der Waals surface area contributed by atoms with Crippen molar-refractivity contribution < 1.29 is 0 Å². The minimum atomic E-state index is 0.714. The van der Waals surface area contributed by atoms with E-state index in [-0.39, 0.29) is 0 Å². The monoisotopic (exact) mass is 304 g/mol. The maximum Gasteiger partial charge on any atom is 0.227 e. The summed E-state index contributed by atoms with van der Waals surface area (Å²) in [6.45, 7) is 8.71. The standard InChI is InChI=1S/C16H21ClN4/c1-4-21(5-2)16-19-12(3)10-15(20-16)18-11-13-6-8-14(17)9-7-13/h6-10H,4-5,11H2,1-3H3,(H,18,19,20). The van der Waals surface area contributed by atoms with E-state index in [1.165, 1.54) is 5.56 Å². The minimum absolute atomic E-state index is 0.714. The van der Waals surface area contributed by atoms with Gasteiger partial charge >= 0.3 is 0 Å². The molecule has 4 nitrogen and oxygen atoms in total. The summed E-state index contributed by atoms with van der Waals surface area (Å²) in [5.41, 5.74) is 2.13. The molecule has 0 aliphatic carbocycles. The summed E-state index contributed by atoms with van der Waals surface area (Å²) in [4.78, 5) is 11.2. The first kappa shape index (κ1) is 15.6. The Hall–Kier alpha value is -1.81. The van der Waals surface area contributed by atoms with Crippen LogP contribution in [0.3, 0.4) is 0 Å². The molecule has 21 heavy (non-hydrogen) atoms. The number of rotatable bonds is 6. The van der Waals surface area contributed by atoms with E-state index in [0.717, 1.165) is 35.6 Å². The zero-order chi connectivity index (χ0) is 15.2. The van der Waals surface area contributed by atoms with Gasteiger partial charge in [-0.05, 0) is 38.5 Å². The summed E-state index contributed by atoms with van der Waals surface area (Å²) in [6, 6.07) is 9.77. The Morgan fingerprint density at radius 3 is 2.38 bits per heavy atom. The van der Waals surface area contributed by atoms with Crippen LogP contribution in [0.2, 0.25) is 5.02 Å². The van der Waals surface area contributed by atoms with Crippen LogP contribution in [0.25, 0.3) is 0 Å². The number of nitrogens with zero attached hydrogens (tertiary/aromatic N) is 3. The van der Waals surface area contributed by atoms with Crippen LogP contribution >= 0.6 is 11.6 Å². The summed E-state index contributed by atoms with van der Waals surface area (Å²) in [5.74, 6) is 1.62. The van der Waals surface area contributed by atoms with E-state index in [0.29, 0.717) is 6.54 Å². The van der Waals surface area contributed by atoms with Gasteiger partial charge in [-0.2, -0.15) is 4.98 Å². The van der Waals surface area contributed by atoms with Gasteiger partial charge in [-0.1, -0.05) is 23.7 Å². The average molecular weight is 305 g/mol. The van der Waals surface area contributed by atoms with Gasteiger partial charge in [0.15, 0.2) is 0 Å². The van der Waals surface area contributed by atoms with E-state index in [9.17, 15) is 0 Å². The molecule has 0 saturated heterocycles. The van der Waals surface area contributed by atoms with Crippen molar-refractivity contribution in [3.8, 4) is 0 Å². The fourth-order valence-corrected chi connectivity index (χ4v) is 2.21. The number of aromatic nitrogens is 2. The molecule has 1 N–H and O–H groups in total. The highest BCUT2D eigenvalue weighted by molar-refractivity contribution is 6.30. The molecule has 0 spiro atoms. The van der Waals surface area contributed by atoms with Gasteiger partial charge in [0.1, 0.15) is 5.82 Å². The molecule has 0 unspecified atom stereocenters. The zero-order valence-electron chi connectivity index (χ0n) is 12.7. The molecule has 1 aromatic heterocycles. The molecular formula is C16H21ClN4. The van der Waals surface area contributed by atoms with Crippen molar-refractivity contribution in [1.82, 2.24) is 9.97 Å². The number of nitrogens with one attached hydrogen (secondary N) is 1. The van der Waals surface area contributed by atoms with Crippen LogP contribution in [0, 0.1) is 6.92 Å². The minimum Gasteiger partial charge on any atom is -0.366 e. The molecular weight excluding hydrogens is 284 g/mol. The Bertz CT molecular complexity index is 579. The first-order valence-electron chi connectivity index (χ1n) is 7.21. The summed E-state index contributed by atoms with van der Waals surface area (Å²) in [7, 11) is 0. The van der Waals surface area contributed by atoms with Crippen LogP contribution in [0.4, 0.5) is 11.8 Å². The summed E-state index contributed by atoms with van der Waals surface area (Å²) < 4.78 is 0. The molecule has 2 rings (SSSR count). The van der Waals surface area contributed by atoms with Crippen LogP contribution in [0.15, 0.2) is 30.3 Å². The smallest absolute Gasteiger partial charge is 0.227 e. The van der Waals surface area contributed by atoms with Crippen LogP contribution < -0.4 is 10.2 Å². The third kappa shape index (κ3) is 4.33. The van der Waals surface area contributed by atoms with Crippen molar-refractivity contribution in [2.75, 3.05) is 23.3 Å².